The lowest BCUT2D eigenvalue weighted by atomic mass is 9.80. The van der Waals surface area contributed by atoms with Crippen LogP contribution in [-0.2, 0) is 4.79 Å². The lowest BCUT2D eigenvalue weighted by Gasteiger charge is -2.26. The summed E-state index contributed by atoms with van der Waals surface area (Å²) in [6.07, 6.45) is 3.36. The summed E-state index contributed by atoms with van der Waals surface area (Å²) in [5.74, 6) is 0.606. The highest BCUT2D eigenvalue weighted by Gasteiger charge is 2.40. The van der Waals surface area contributed by atoms with Gasteiger partial charge in [0.2, 0.25) is 0 Å². The molecule has 3 N–H and O–H groups in total. The summed E-state index contributed by atoms with van der Waals surface area (Å²) in [5, 5.41) is 8.84. The number of carbonyl (C=O) groups is 1. The molecule has 3 heteroatoms. The highest BCUT2D eigenvalue weighted by atomic mass is 16.4. The summed E-state index contributed by atoms with van der Waals surface area (Å²) in [6, 6.07) is 0. The predicted octanol–water partition coefficient (Wildman–Crippen LogP) is 1.86. The minimum absolute atomic E-state index is 0.110. The summed E-state index contributed by atoms with van der Waals surface area (Å²) in [7, 11) is 0. The molecule has 0 aromatic carbocycles. The second-order valence-electron chi connectivity index (χ2n) is 5.02. The average molecular weight is 199 g/mol. The van der Waals surface area contributed by atoms with E-state index in [1.165, 1.54) is 0 Å². The van der Waals surface area contributed by atoms with Crippen LogP contribution in [0.15, 0.2) is 0 Å². The van der Waals surface area contributed by atoms with Crippen molar-refractivity contribution >= 4 is 5.97 Å². The quantitative estimate of drug-likeness (QED) is 0.726. The Morgan fingerprint density at radius 3 is 2.64 bits per heavy atom. The number of aliphatic carboxylic acids is 1. The van der Waals surface area contributed by atoms with Gasteiger partial charge in [-0.1, -0.05) is 13.8 Å². The lowest BCUT2D eigenvalue weighted by molar-refractivity contribution is -0.139. The van der Waals surface area contributed by atoms with Gasteiger partial charge >= 0.3 is 5.97 Å². The molecule has 3 nitrogen and oxygen atoms in total. The molecule has 0 aromatic rings. The molecule has 0 amide bonds. The van der Waals surface area contributed by atoms with Gasteiger partial charge in [0, 0.05) is 0 Å². The Bertz CT molecular complexity index is 215. The van der Waals surface area contributed by atoms with Crippen molar-refractivity contribution in [1.82, 2.24) is 0 Å². The van der Waals surface area contributed by atoms with Crippen molar-refractivity contribution < 1.29 is 9.90 Å². The molecule has 1 fully saturated rings. The molecule has 1 aliphatic rings. The molecule has 0 aromatic heterocycles. The molecule has 1 aliphatic carbocycles. The zero-order valence-electron chi connectivity index (χ0n) is 9.12. The van der Waals surface area contributed by atoms with Crippen molar-refractivity contribution in [2.75, 3.05) is 6.54 Å². The van der Waals surface area contributed by atoms with Crippen LogP contribution in [0.3, 0.4) is 0 Å². The summed E-state index contributed by atoms with van der Waals surface area (Å²) in [5.41, 5.74) is 5.61. The standard InChI is InChI=1S/C11H21NO2/c1-8(2)9-3-4-11(5-9,7-12)6-10(13)14/h8-9H,3-7,12H2,1-2H3,(H,13,14)/t9-,11-/m0/s1. The van der Waals surface area contributed by atoms with E-state index in [1.54, 1.807) is 0 Å². The van der Waals surface area contributed by atoms with Crippen LogP contribution >= 0.6 is 0 Å². The fraction of sp³-hybridized carbons (Fsp3) is 0.909. The van der Waals surface area contributed by atoms with Gasteiger partial charge in [-0.15, -0.1) is 0 Å². The van der Waals surface area contributed by atoms with Crippen molar-refractivity contribution in [3.8, 4) is 0 Å². The molecule has 82 valence electrons. The first-order valence-electron chi connectivity index (χ1n) is 5.41. The molecule has 1 rings (SSSR count). The smallest absolute Gasteiger partial charge is 0.303 e. The Morgan fingerprint density at radius 2 is 2.29 bits per heavy atom. The van der Waals surface area contributed by atoms with Crippen LogP contribution in [0.4, 0.5) is 0 Å². The second kappa shape index (κ2) is 4.30. The van der Waals surface area contributed by atoms with Crippen LogP contribution in [0.1, 0.15) is 39.5 Å². The highest BCUT2D eigenvalue weighted by Crippen LogP contribution is 2.46. The topological polar surface area (TPSA) is 63.3 Å². The van der Waals surface area contributed by atoms with Gasteiger partial charge in [-0.3, -0.25) is 4.79 Å². The van der Waals surface area contributed by atoms with Crippen molar-refractivity contribution in [2.45, 2.75) is 39.5 Å². The van der Waals surface area contributed by atoms with Crippen LogP contribution in [0.2, 0.25) is 0 Å². The van der Waals surface area contributed by atoms with Gasteiger partial charge < -0.3 is 10.8 Å². The van der Waals surface area contributed by atoms with Crippen LogP contribution in [-0.4, -0.2) is 17.6 Å². The lowest BCUT2D eigenvalue weighted by Crippen LogP contribution is -2.30. The van der Waals surface area contributed by atoms with E-state index >= 15 is 0 Å². The first-order chi connectivity index (χ1) is 6.49. The van der Waals surface area contributed by atoms with Gasteiger partial charge in [0.1, 0.15) is 0 Å². The third kappa shape index (κ3) is 2.47. The third-order valence-corrected chi connectivity index (χ3v) is 3.64. The highest BCUT2D eigenvalue weighted by molar-refractivity contribution is 5.67. The van der Waals surface area contributed by atoms with E-state index < -0.39 is 5.97 Å². The monoisotopic (exact) mass is 199 g/mol. The molecule has 0 aliphatic heterocycles. The minimum atomic E-state index is -0.708. The van der Waals surface area contributed by atoms with Crippen LogP contribution in [0.5, 0.6) is 0 Å². The van der Waals surface area contributed by atoms with Gasteiger partial charge in [-0.05, 0) is 43.1 Å². The molecule has 14 heavy (non-hydrogen) atoms. The molecular weight excluding hydrogens is 178 g/mol. The molecule has 0 radical (unpaired) electrons. The van der Waals surface area contributed by atoms with Gasteiger partial charge in [0.05, 0.1) is 6.42 Å². The molecular formula is C11H21NO2. The average Bonchev–Trinajstić information content (AvgIpc) is 2.49. The van der Waals surface area contributed by atoms with Crippen LogP contribution < -0.4 is 5.73 Å². The molecule has 0 saturated heterocycles. The maximum absolute atomic E-state index is 10.7. The summed E-state index contributed by atoms with van der Waals surface area (Å²) in [4.78, 5) is 10.7. The van der Waals surface area contributed by atoms with Gasteiger partial charge in [0.25, 0.3) is 0 Å². The molecule has 1 saturated carbocycles. The van der Waals surface area contributed by atoms with Crippen molar-refractivity contribution in [2.24, 2.45) is 23.0 Å². The predicted molar refractivity (Wildman–Crippen MR) is 55.9 cm³/mol. The number of nitrogens with two attached hydrogens (primary N) is 1. The molecule has 0 heterocycles. The largest absolute Gasteiger partial charge is 0.481 e. The van der Waals surface area contributed by atoms with E-state index in [-0.39, 0.29) is 11.8 Å². The van der Waals surface area contributed by atoms with Crippen molar-refractivity contribution in [1.29, 1.82) is 0 Å². The third-order valence-electron chi connectivity index (χ3n) is 3.64. The molecule has 2 atom stereocenters. The SMILES string of the molecule is CC(C)[C@H]1CC[C@@](CN)(CC(=O)O)C1. The van der Waals surface area contributed by atoms with Crippen molar-refractivity contribution in [3.05, 3.63) is 0 Å². The molecule has 0 unspecified atom stereocenters. The van der Waals surface area contributed by atoms with E-state index in [2.05, 4.69) is 13.8 Å². The Hall–Kier alpha value is -0.570. The maximum atomic E-state index is 10.7. The number of hydrogen-bond acceptors (Lipinski definition) is 2. The zero-order chi connectivity index (χ0) is 10.8. The van der Waals surface area contributed by atoms with E-state index in [0.29, 0.717) is 18.4 Å². The van der Waals surface area contributed by atoms with Crippen molar-refractivity contribution in [3.63, 3.8) is 0 Å². The molecule has 0 bridgehead atoms. The minimum Gasteiger partial charge on any atom is -0.481 e. The van der Waals surface area contributed by atoms with Gasteiger partial charge in [-0.2, -0.15) is 0 Å². The maximum Gasteiger partial charge on any atom is 0.303 e. The first kappa shape index (κ1) is 11.5. The van der Waals surface area contributed by atoms with Gasteiger partial charge in [-0.25, -0.2) is 0 Å². The van der Waals surface area contributed by atoms with Crippen LogP contribution in [0.25, 0.3) is 0 Å². The Labute approximate surface area is 85.7 Å². The molecule has 0 spiro atoms. The normalized spacial score (nSPS) is 32.4. The Kier molecular flexibility index (Phi) is 3.53. The second-order valence-corrected chi connectivity index (χ2v) is 5.02. The number of hydrogen-bond donors (Lipinski definition) is 2. The van der Waals surface area contributed by atoms with Gasteiger partial charge in [0.15, 0.2) is 0 Å². The summed E-state index contributed by atoms with van der Waals surface area (Å²) in [6.45, 7) is 4.93. The number of carboxylic acid groups (broad SMARTS) is 1. The van der Waals surface area contributed by atoms with Crippen LogP contribution in [0, 0.1) is 17.3 Å². The Morgan fingerprint density at radius 1 is 1.64 bits per heavy atom. The number of rotatable bonds is 4. The zero-order valence-corrected chi connectivity index (χ0v) is 9.12. The fourth-order valence-electron chi connectivity index (χ4n) is 2.56. The first-order valence-corrected chi connectivity index (χ1v) is 5.41. The Balaban J connectivity index is 2.61. The van der Waals surface area contributed by atoms with E-state index in [0.717, 1.165) is 19.3 Å². The summed E-state index contributed by atoms with van der Waals surface area (Å²) < 4.78 is 0. The summed E-state index contributed by atoms with van der Waals surface area (Å²) >= 11 is 0. The van der Waals surface area contributed by atoms with E-state index in [9.17, 15) is 4.79 Å². The van der Waals surface area contributed by atoms with E-state index in [4.69, 9.17) is 10.8 Å². The fourth-order valence-corrected chi connectivity index (χ4v) is 2.56. The number of carboxylic acids is 1. The van der Waals surface area contributed by atoms with E-state index in [1.807, 2.05) is 0 Å².